The van der Waals surface area contributed by atoms with Gasteiger partial charge in [0.1, 0.15) is 5.69 Å². The van der Waals surface area contributed by atoms with Gasteiger partial charge in [-0.25, -0.2) is 0 Å². The number of hydrogen-bond donors (Lipinski definition) is 2. The van der Waals surface area contributed by atoms with Crippen LogP contribution in [0.3, 0.4) is 0 Å². The molecule has 0 unspecified atom stereocenters. The van der Waals surface area contributed by atoms with Crippen molar-refractivity contribution in [3.05, 3.63) is 87.8 Å². The summed E-state index contributed by atoms with van der Waals surface area (Å²) < 4.78 is 0. The number of hydrogen-bond acceptors (Lipinski definition) is 2. The van der Waals surface area contributed by atoms with E-state index in [4.69, 9.17) is 0 Å². The molecule has 0 saturated heterocycles. The maximum Gasteiger partial charge on any atom is 0.272 e. The number of carbonyl (C=O) groups is 1. The maximum absolute atomic E-state index is 12.8. The van der Waals surface area contributed by atoms with Gasteiger partial charge < -0.3 is 10.3 Å². The van der Waals surface area contributed by atoms with E-state index in [1.807, 2.05) is 36.4 Å². The molecule has 0 atom stereocenters. The highest BCUT2D eigenvalue weighted by molar-refractivity contribution is 6.10. The Balaban J connectivity index is 1.58. The van der Waals surface area contributed by atoms with E-state index in [1.165, 1.54) is 16.5 Å². The third-order valence-corrected chi connectivity index (χ3v) is 5.12. The second kappa shape index (κ2) is 5.56. The van der Waals surface area contributed by atoms with Crippen LogP contribution in [0.25, 0.3) is 21.5 Å². The molecule has 1 amide bonds. The number of aryl methyl sites for hydroxylation is 2. The largest absolute Gasteiger partial charge is 0.320 e. The van der Waals surface area contributed by atoms with Crippen molar-refractivity contribution in [1.29, 1.82) is 0 Å². The van der Waals surface area contributed by atoms with Crippen LogP contribution in [-0.4, -0.2) is 10.9 Å². The van der Waals surface area contributed by atoms with Crippen LogP contribution < -0.4 is 10.9 Å². The summed E-state index contributed by atoms with van der Waals surface area (Å²) in [7, 11) is 0. The van der Waals surface area contributed by atoms with Gasteiger partial charge in [0.25, 0.3) is 11.5 Å². The minimum atomic E-state index is -0.313. The number of aromatic nitrogens is 1. The van der Waals surface area contributed by atoms with Gasteiger partial charge in [0.15, 0.2) is 0 Å². The number of amides is 1. The standard InChI is InChI=1S/C22H16N2O2/c25-21-16-6-2-1-4-15(16)12-19(24-21)22(26)23-18-11-10-14-9-8-13-5-3-7-17(18)20(13)14/h1-7,10-12H,8-9H2,(H,23,26)(H,24,25). The molecule has 4 nitrogen and oxygen atoms in total. The molecule has 1 heterocycles. The molecule has 0 fully saturated rings. The van der Waals surface area contributed by atoms with Gasteiger partial charge in [0.2, 0.25) is 0 Å². The van der Waals surface area contributed by atoms with E-state index in [2.05, 4.69) is 22.4 Å². The summed E-state index contributed by atoms with van der Waals surface area (Å²) >= 11 is 0. The Morgan fingerprint density at radius 3 is 2.54 bits per heavy atom. The van der Waals surface area contributed by atoms with Crippen molar-refractivity contribution >= 4 is 33.1 Å². The van der Waals surface area contributed by atoms with Crippen molar-refractivity contribution in [3.63, 3.8) is 0 Å². The molecule has 0 saturated carbocycles. The fraction of sp³-hybridized carbons (Fsp3) is 0.0909. The van der Waals surface area contributed by atoms with Crippen molar-refractivity contribution in [2.45, 2.75) is 12.8 Å². The fourth-order valence-electron chi connectivity index (χ4n) is 3.88. The summed E-state index contributed by atoms with van der Waals surface area (Å²) in [5, 5.41) is 6.59. The number of aromatic amines is 1. The van der Waals surface area contributed by atoms with Crippen LogP contribution in [0.1, 0.15) is 21.6 Å². The molecule has 4 aromatic rings. The number of rotatable bonds is 2. The quantitative estimate of drug-likeness (QED) is 0.579. The number of carbonyl (C=O) groups excluding carboxylic acids is 1. The average molecular weight is 340 g/mol. The molecule has 2 N–H and O–H groups in total. The van der Waals surface area contributed by atoms with Crippen LogP contribution in [0.15, 0.2) is 65.5 Å². The molecule has 5 rings (SSSR count). The normalized spacial score (nSPS) is 12.6. The van der Waals surface area contributed by atoms with Crippen LogP contribution >= 0.6 is 0 Å². The van der Waals surface area contributed by atoms with Gasteiger partial charge in [-0.1, -0.05) is 42.5 Å². The van der Waals surface area contributed by atoms with Crippen molar-refractivity contribution < 1.29 is 4.79 Å². The molecule has 26 heavy (non-hydrogen) atoms. The monoisotopic (exact) mass is 340 g/mol. The zero-order valence-electron chi connectivity index (χ0n) is 14.0. The Morgan fingerprint density at radius 2 is 1.65 bits per heavy atom. The van der Waals surface area contributed by atoms with E-state index < -0.39 is 0 Å². The number of benzene rings is 3. The Morgan fingerprint density at radius 1 is 0.885 bits per heavy atom. The summed E-state index contributed by atoms with van der Waals surface area (Å²) in [6.07, 6.45) is 2.09. The van der Waals surface area contributed by atoms with E-state index in [-0.39, 0.29) is 17.2 Å². The number of anilines is 1. The lowest BCUT2D eigenvalue weighted by Crippen LogP contribution is -2.19. The van der Waals surface area contributed by atoms with Crippen LogP contribution in [0.4, 0.5) is 5.69 Å². The molecule has 4 heteroatoms. The molecule has 0 bridgehead atoms. The maximum atomic E-state index is 12.8. The van der Waals surface area contributed by atoms with Gasteiger partial charge in [0, 0.05) is 16.5 Å². The highest BCUT2D eigenvalue weighted by Gasteiger charge is 2.17. The summed E-state index contributed by atoms with van der Waals surface area (Å²) in [5.74, 6) is -0.313. The summed E-state index contributed by atoms with van der Waals surface area (Å²) in [5.41, 5.74) is 3.43. The predicted molar refractivity (Wildman–Crippen MR) is 104 cm³/mol. The Kier molecular flexibility index (Phi) is 3.19. The Labute approximate surface area is 149 Å². The minimum absolute atomic E-state index is 0.256. The van der Waals surface area contributed by atoms with E-state index >= 15 is 0 Å². The lowest BCUT2D eigenvalue weighted by Gasteiger charge is -2.11. The number of H-pyrrole nitrogens is 1. The van der Waals surface area contributed by atoms with Crippen molar-refractivity contribution in [2.24, 2.45) is 0 Å². The Bertz CT molecular complexity index is 1240. The van der Waals surface area contributed by atoms with Crippen molar-refractivity contribution in [3.8, 4) is 0 Å². The topological polar surface area (TPSA) is 62.0 Å². The first-order valence-corrected chi connectivity index (χ1v) is 8.67. The van der Waals surface area contributed by atoms with Crippen LogP contribution in [0.2, 0.25) is 0 Å². The summed E-state index contributed by atoms with van der Waals surface area (Å²) in [4.78, 5) is 27.7. The molecule has 0 radical (unpaired) electrons. The molecule has 126 valence electrons. The molecular weight excluding hydrogens is 324 g/mol. The first kappa shape index (κ1) is 14.9. The van der Waals surface area contributed by atoms with E-state index in [9.17, 15) is 9.59 Å². The number of pyridine rings is 1. The molecule has 3 aromatic carbocycles. The lowest BCUT2D eigenvalue weighted by molar-refractivity contribution is 0.102. The SMILES string of the molecule is O=C(Nc1ccc2c3c(cccc13)CC2)c1cc2ccccc2c(=O)[nH]1. The van der Waals surface area contributed by atoms with E-state index in [0.717, 1.165) is 29.3 Å². The summed E-state index contributed by atoms with van der Waals surface area (Å²) in [6, 6.07) is 19.2. The fourth-order valence-corrected chi connectivity index (χ4v) is 3.88. The van der Waals surface area contributed by atoms with Gasteiger partial charge in [0.05, 0.1) is 0 Å². The highest BCUT2D eigenvalue weighted by Crippen LogP contribution is 2.35. The van der Waals surface area contributed by atoms with Gasteiger partial charge in [-0.2, -0.15) is 0 Å². The second-order valence-electron chi connectivity index (χ2n) is 6.67. The first-order chi connectivity index (χ1) is 12.7. The smallest absolute Gasteiger partial charge is 0.272 e. The predicted octanol–water partition coefficient (Wildman–Crippen LogP) is 4.03. The zero-order valence-corrected chi connectivity index (χ0v) is 14.0. The van der Waals surface area contributed by atoms with Gasteiger partial charge in [-0.15, -0.1) is 0 Å². The summed E-state index contributed by atoms with van der Waals surface area (Å²) in [6.45, 7) is 0. The minimum Gasteiger partial charge on any atom is -0.320 e. The molecule has 0 spiro atoms. The third kappa shape index (κ3) is 2.23. The average Bonchev–Trinajstić information content (AvgIpc) is 3.09. The van der Waals surface area contributed by atoms with Crippen molar-refractivity contribution in [2.75, 3.05) is 5.32 Å². The number of nitrogens with one attached hydrogen (secondary N) is 2. The van der Waals surface area contributed by atoms with E-state index in [0.29, 0.717) is 5.39 Å². The van der Waals surface area contributed by atoms with Crippen LogP contribution in [-0.2, 0) is 12.8 Å². The third-order valence-electron chi connectivity index (χ3n) is 5.12. The number of fused-ring (bicyclic) bond motifs is 1. The molecule has 1 aliphatic rings. The van der Waals surface area contributed by atoms with Crippen LogP contribution in [0, 0.1) is 0 Å². The lowest BCUT2D eigenvalue weighted by atomic mass is 10.0. The Hall–Kier alpha value is -3.40. The molecular formula is C22H16N2O2. The highest BCUT2D eigenvalue weighted by atomic mass is 16.2. The van der Waals surface area contributed by atoms with Gasteiger partial charge in [-0.3, -0.25) is 9.59 Å². The molecule has 1 aliphatic carbocycles. The van der Waals surface area contributed by atoms with Gasteiger partial charge >= 0.3 is 0 Å². The first-order valence-electron chi connectivity index (χ1n) is 8.67. The second-order valence-corrected chi connectivity index (χ2v) is 6.67. The zero-order chi connectivity index (χ0) is 17.7. The molecule has 1 aromatic heterocycles. The van der Waals surface area contributed by atoms with Crippen LogP contribution in [0.5, 0.6) is 0 Å². The molecule has 0 aliphatic heterocycles. The van der Waals surface area contributed by atoms with Crippen molar-refractivity contribution in [1.82, 2.24) is 4.98 Å². The van der Waals surface area contributed by atoms with E-state index in [1.54, 1.807) is 12.1 Å². The van der Waals surface area contributed by atoms with Gasteiger partial charge in [-0.05, 0) is 52.9 Å².